The number of hydrogen-bond acceptors (Lipinski definition) is 3. The number of carbonyl (C=O) groups excluding carboxylic acids is 2. The molecule has 1 aromatic carbocycles. The van der Waals surface area contributed by atoms with Crippen LogP contribution in [0.2, 0.25) is 0 Å². The molecule has 2 amide bonds. The fourth-order valence-electron chi connectivity index (χ4n) is 3.85. The first-order valence-corrected chi connectivity index (χ1v) is 10.3. The third-order valence-electron chi connectivity index (χ3n) is 5.36. The van der Waals surface area contributed by atoms with Gasteiger partial charge in [-0.25, -0.2) is 0 Å². The van der Waals surface area contributed by atoms with Crippen LogP contribution >= 0.6 is 15.9 Å². The van der Waals surface area contributed by atoms with Gasteiger partial charge in [-0.15, -0.1) is 0 Å². The number of nitrogens with one attached hydrogen (secondary N) is 1. The van der Waals surface area contributed by atoms with Gasteiger partial charge in [0.25, 0.3) is 0 Å². The zero-order valence-corrected chi connectivity index (χ0v) is 16.7. The first-order chi connectivity index (χ1) is 12.6. The smallest absolute Gasteiger partial charge is 0.240 e. The Morgan fingerprint density at radius 3 is 2.73 bits per heavy atom. The molecule has 6 heteroatoms. The quantitative estimate of drug-likeness (QED) is 0.808. The molecular weight excluding hydrogens is 396 g/mol. The Hall–Kier alpha value is -1.40. The van der Waals surface area contributed by atoms with Crippen LogP contribution in [-0.4, -0.2) is 43.0 Å². The molecule has 26 heavy (non-hydrogen) atoms. The molecule has 1 N–H and O–H groups in total. The van der Waals surface area contributed by atoms with E-state index in [0.29, 0.717) is 26.2 Å². The summed E-state index contributed by atoms with van der Waals surface area (Å²) in [7, 11) is 0. The van der Waals surface area contributed by atoms with Gasteiger partial charge in [-0.2, -0.15) is 0 Å². The molecule has 1 aromatic rings. The number of ether oxygens (including phenoxy) is 1. The summed E-state index contributed by atoms with van der Waals surface area (Å²) in [5.74, 6) is 0.0177. The molecule has 0 spiro atoms. The topological polar surface area (TPSA) is 58.6 Å². The first-order valence-electron chi connectivity index (χ1n) is 9.52. The van der Waals surface area contributed by atoms with Crippen molar-refractivity contribution in [3.63, 3.8) is 0 Å². The predicted molar refractivity (Wildman–Crippen MR) is 104 cm³/mol. The van der Waals surface area contributed by atoms with E-state index in [2.05, 4.69) is 33.4 Å². The van der Waals surface area contributed by atoms with Crippen molar-refractivity contribution in [3.8, 4) is 0 Å². The Kier molecular flexibility index (Phi) is 6.70. The molecular formula is C20H27BrN2O3. The van der Waals surface area contributed by atoms with E-state index in [-0.39, 0.29) is 18.4 Å². The Bertz CT molecular complexity index is 644. The van der Waals surface area contributed by atoms with Gasteiger partial charge < -0.3 is 15.0 Å². The van der Waals surface area contributed by atoms with Gasteiger partial charge in [-0.3, -0.25) is 9.59 Å². The second-order valence-corrected chi connectivity index (χ2v) is 8.15. The highest BCUT2D eigenvalue weighted by Gasteiger charge is 2.36. The van der Waals surface area contributed by atoms with Crippen LogP contribution in [0.15, 0.2) is 28.7 Å². The number of carbonyl (C=O) groups is 2. The molecule has 0 saturated carbocycles. The van der Waals surface area contributed by atoms with Gasteiger partial charge in [-0.05, 0) is 43.4 Å². The molecule has 5 nitrogen and oxygen atoms in total. The van der Waals surface area contributed by atoms with E-state index in [0.717, 1.165) is 48.6 Å². The lowest BCUT2D eigenvalue weighted by molar-refractivity contribution is -0.137. The summed E-state index contributed by atoms with van der Waals surface area (Å²) >= 11 is 3.53. The Balaban J connectivity index is 1.72. The number of hydrogen-bond donors (Lipinski definition) is 1. The lowest BCUT2D eigenvalue weighted by Crippen LogP contribution is -2.52. The molecule has 0 unspecified atom stereocenters. The van der Waals surface area contributed by atoms with Crippen molar-refractivity contribution < 1.29 is 14.3 Å². The molecule has 3 rings (SSSR count). The summed E-state index contributed by atoms with van der Waals surface area (Å²) in [5, 5.41) is 3.25. The number of benzene rings is 1. The number of rotatable bonds is 4. The minimum atomic E-state index is -0.426. The van der Waals surface area contributed by atoms with Gasteiger partial charge >= 0.3 is 0 Å². The minimum Gasteiger partial charge on any atom is -0.381 e. The highest BCUT2D eigenvalue weighted by molar-refractivity contribution is 9.10. The van der Waals surface area contributed by atoms with Crippen molar-refractivity contribution >= 4 is 27.7 Å². The largest absolute Gasteiger partial charge is 0.381 e. The number of nitrogens with zero attached hydrogens (tertiary/aromatic N) is 1. The predicted octanol–water partition coefficient (Wildman–Crippen LogP) is 3.36. The van der Waals surface area contributed by atoms with Gasteiger partial charge in [-0.1, -0.05) is 40.9 Å². The van der Waals surface area contributed by atoms with Crippen LogP contribution in [0, 0.1) is 0 Å². The Labute approximate surface area is 163 Å². The van der Waals surface area contributed by atoms with Crippen LogP contribution in [0.5, 0.6) is 0 Å². The normalized spacial score (nSPS) is 21.0. The zero-order chi connectivity index (χ0) is 18.4. The number of amides is 2. The van der Waals surface area contributed by atoms with Crippen LogP contribution < -0.4 is 5.32 Å². The third kappa shape index (κ3) is 4.86. The highest BCUT2D eigenvalue weighted by Crippen LogP contribution is 2.33. The second kappa shape index (κ2) is 9.00. The molecule has 0 bridgehead atoms. The summed E-state index contributed by atoms with van der Waals surface area (Å²) in [5.41, 5.74) is 0.660. The Morgan fingerprint density at radius 1 is 1.19 bits per heavy atom. The fraction of sp³-hybridized carbons (Fsp3) is 0.600. The van der Waals surface area contributed by atoms with Crippen molar-refractivity contribution in [2.75, 3.05) is 26.3 Å². The van der Waals surface area contributed by atoms with Crippen molar-refractivity contribution in [2.24, 2.45) is 0 Å². The van der Waals surface area contributed by atoms with E-state index in [1.54, 1.807) is 4.90 Å². The van der Waals surface area contributed by atoms with Crippen molar-refractivity contribution in [1.82, 2.24) is 10.2 Å². The van der Waals surface area contributed by atoms with Crippen molar-refractivity contribution in [1.29, 1.82) is 0 Å². The van der Waals surface area contributed by atoms with Gasteiger partial charge in [0.15, 0.2) is 0 Å². The maximum absolute atomic E-state index is 12.8. The molecule has 142 valence electrons. The average Bonchev–Trinajstić information content (AvgIpc) is 2.62. The highest BCUT2D eigenvalue weighted by atomic mass is 79.9. The monoisotopic (exact) mass is 422 g/mol. The van der Waals surface area contributed by atoms with Crippen LogP contribution in [-0.2, 0) is 19.9 Å². The fourth-order valence-corrected chi connectivity index (χ4v) is 4.25. The molecule has 2 fully saturated rings. The SMILES string of the molecule is O=C(CN1CCCCCCC1=O)NC1(c2cccc(Br)c2)CCOCC1. The molecule has 2 aliphatic rings. The van der Waals surface area contributed by atoms with Crippen LogP contribution in [0.4, 0.5) is 0 Å². The van der Waals surface area contributed by atoms with Gasteiger partial charge in [0.05, 0.1) is 12.1 Å². The summed E-state index contributed by atoms with van der Waals surface area (Å²) in [6.45, 7) is 2.07. The van der Waals surface area contributed by atoms with Crippen molar-refractivity contribution in [2.45, 2.75) is 50.5 Å². The lowest BCUT2D eigenvalue weighted by Gasteiger charge is -2.39. The standard InChI is InChI=1S/C20H27BrN2O3/c21-17-7-5-6-16(14-17)20(9-12-26-13-10-20)22-18(24)15-23-11-4-2-1-3-8-19(23)25/h5-7,14H,1-4,8-13,15H2,(H,22,24). The minimum absolute atomic E-state index is 0.0826. The van der Waals surface area contributed by atoms with Gasteiger partial charge in [0.1, 0.15) is 0 Å². The summed E-state index contributed by atoms with van der Waals surface area (Å²) in [6.07, 6.45) is 6.17. The van der Waals surface area contributed by atoms with E-state index >= 15 is 0 Å². The number of likely N-dealkylation sites (tertiary alicyclic amines) is 1. The molecule has 2 aliphatic heterocycles. The van der Waals surface area contributed by atoms with Crippen LogP contribution in [0.1, 0.15) is 50.5 Å². The van der Waals surface area contributed by atoms with E-state index in [9.17, 15) is 9.59 Å². The van der Waals surface area contributed by atoms with Crippen LogP contribution in [0.25, 0.3) is 0 Å². The maximum atomic E-state index is 12.8. The maximum Gasteiger partial charge on any atom is 0.240 e. The Morgan fingerprint density at radius 2 is 1.96 bits per heavy atom. The van der Waals surface area contributed by atoms with E-state index in [4.69, 9.17) is 4.74 Å². The molecule has 2 saturated heterocycles. The lowest BCUT2D eigenvalue weighted by atomic mass is 9.82. The first kappa shape index (κ1) is 19.4. The molecule has 2 heterocycles. The molecule has 0 radical (unpaired) electrons. The zero-order valence-electron chi connectivity index (χ0n) is 15.1. The van der Waals surface area contributed by atoms with E-state index in [1.807, 2.05) is 12.1 Å². The number of halogens is 1. The molecule has 0 aliphatic carbocycles. The van der Waals surface area contributed by atoms with Crippen LogP contribution in [0.3, 0.4) is 0 Å². The summed E-state index contributed by atoms with van der Waals surface area (Å²) < 4.78 is 6.52. The summed E-state index contributed by atoms with van der Waals surface area (Å²) in [4.78, 5) is 26.9. The van der Waals surface area contributed by atoms with E-state index in [1.165, 1.54) is 0 Å². The molecule has 0 atom stereocenters. The third-order valence-corrected chi connectivity index (χ3v) is 5.85. The van der Waals surface area contributed by atoms with Crippen molar-refractivity contribution in [3.05, 3.63) is 34.3 Å². The van der Waals surface area contributed by atoms with E-state index < -0.39 is 5.54 Å². The molecule has 0 aromatic heterocycles. The summed E-state index contributed by atoms with van der Waals surface area (Å²) in [6, 6.07) is 8.09. The van der Waals surface area contributed by atoms with Gasteiger partial charge in [0.2, 0.25) is 11.8 Å². The average molecular weight is 423 g/mol. The van der Waals surface area contributed by atoms with Gasteiger partial charge in [0, 0.05) is 30.7 Å². The second-order valence-electron chi connectivity index (χ2n) is 7.23.